The maximum atomic E-state index is 12.1. The first-order valence-corrected chi connectivity index (χ1v) is 7.51. The second kappa shape index (κ2) is 7.54. The number of rotatable bonds is 5. The van der Waals surface area contributed by atoms with Gasteiger partial charge in [-0.2, -0.15) is 0 Å². The third-order valence-electron chi connectivity index (χ3n) is 3.90. The molecule has 1 aliphatic rings. The standard InChI is InChI=1S/C16H25N3O2/c1-13-3-4-15(14(2)11-13)17-16(21)12-19-7-5-18(6-8-19)9-10-20/h3-4,11,20H,5-10,12H2,1-2H3,(H,17,21). The molecule has 5 nitrogen and oxygen atoms in total. The molecule has 0 unspecified atom stereocenters. The maximum absolute atomic E-state index is 12.1. The van der Waals surface area contributed by atoms with Crippen molar-refractivity contribution in [3.63, 3.8) is 0 Å². The van der Waals surface area contributed by atoms with E-state index in [-0.39, 0.29) is 12.5 Å². The summed E-state index contributed by atoms with van der Waals surface area (Å²) in [6.45, 7) is 8.99. The molecule has 5 heteroatoms. The third kappa shape index (κ3) is 4.81. The Labute approximate surface area is 126 Å². The molecule has 1 fully saturated rings. The molecule has 0 saturated carbocycles. The van der Waals surface area contributed by atoms with Gasteiger partial charge >= 0.3 is 0 Å². The summed E-state index contributed by atoms with van der Waals surface area (Å²) < 4.78 is 0. The van der Waals surface area contributed by atoms with Gasteiger partial charge < -0.3 is 10.4 Å². The molecule has 0 radical (unpaired) electrons. The molecule has 1 aromatic rings. The van der Waals surface area contributed by atoms with Gasteiger partial charge in [0.25, 0.3) is 0 Å². The number of carbonyl (C=O) groups is 1. The fourth-order valence-electron chi connectivity index (χ4n) is 2.66. The van der Waals surface area contributed by atoms with Crippen molar-refractivity contribution >= 4 is 11.6 Å². The number of nitrogens with zero attached hydrogens (tertiary/aromatic N) is 2. The lowest BCUT2D eigenvalue weighted by molar-refractivity contribution is -0.117. The van der Waals surface area contributed by atoms with E-state index in [0.29, 0.717) is 6.54 Å². The highest BCUT2D eigenvalue weighted by atomic mass is 16.3. The number of β-amino-alcohol motifs (C(OH)–C–C–N with tert-alkyl or cyclic N) is 1. The van der Waals surface area contributed by atoms with Crippen LogP contribution in [0.3, 0.4) is 0 Å². The smallest absolute Gasteiger partial charge is 0.238 e. The number of amides is 1. The summed E-state index contributed by atoms with van der Waals surface area (Å²) in [4.78, 5) is 16.5. The SMILES string of the molecule is Cc1ccc(NC(=O)CN2CCN(CCO)CC2)c(C)c1. The highest BCUT2D eigenvalue weighted by molar-refractivity contribution is 5.93. The number of aliphatic hydroxyl groups is 1. The van der Waals surface area contributed by atoms with Crippen molar-refractivity contribution in [3.8, 4) is 0 Å². The summed E-state index contributed by atoms with van der Waals surface area (Å²) in [5.74, 6) is 0.0394. The quantitative estimate of drug-likeness (QED) is 0.844. The van der Waals surface area contributed by atoms with Gasteiger partial charge in [-0.3, -0.25) is 14.6 Å². The fourth-order valence-corrected chi connectivity index (χ4v) is 2.66. The number of benzene rings is 1. The van der Waals surface area contributed by atoms with Gasteiger partial charge in [0.2, 0.25) is 5.91 Å². The monoisotopic (exact) mass is 291 g/mol. The Morgan fingerprint density at radius 2 is 1.86 bits per heavy atom. The van der Waals surface area contributed by atoms with E-state index in [4.69, 9.17) is 5.11 Å². The third-order valence-corrected chi connectivity index (χ3v) is 3.90. The fraction of sp³-hybridized carbons (Fsp3) is 0.562. The number of nitrogens with one attached hydrogen (secondary N) is 1. The van der Waals surface area contributed by atoms with Crippen molar-refractivity contribution < 1.29 is 9.90 Å². The Morgan fingerprint density at radius 1 is 1.19 bits per heavy atom. The molecule has 1 aromatic carbocycles. The summed E-state index contributed by atoms with van der Waals surface area (Å²) in [7, 11) is 0. The molecule has 2 N–H and O–H groups in total. The van der Waals surface area contributed by atoms with E-state index in [1.54, 1.807) is 0 Å². The van der Waals surface area contributed by atoms with Crippen LogP contribution < -0.4 is 5.32 Å². The predicted octanol–water partition coefficient (Wildman–Crippen LogP) is 0.852. The van der Waals surface area contributed by atoms with Crippen LogP contribution >= 0.6 is 0 Å². The average Bonchev–Trinajstić information content (AvgIpc) is 2.44. The van der Waals surface area contributed by atoms with E-state index < -0.39 is 0 Å². The van der Waals surface area contributed by atoms with Crippen LogP contribution in [0.15, 0.2) is 18.2 Å². The molecule has 0 aliphatic carbocycles. The van der Waals surface area contributed by atoms with Crippen LogP contribution in [-0.4, -0.2) is 66.7 Å². The van der Waals surface area contributed by atoms with Crippen molar-refractivity contribution in [2.75, 3.05) is 51.2 Å². The minimum Gasteiger partial charge on any atom is -0.395 e. The zero-order valence-corrected chi connectivity index (χ0v) is 12.9. The number of hydrogen-bond donors (Lipinski definition) is 2. The molecule has 21 heavy (non-hydrogen) atoms. The van der Waals surface area contributed by atoms with E-state index in [1.807, 2.05) is 26.0 Å². The molecule has 1 saturated heterocycles. The Hall–Kier alpha value is -1.43. The molecule has 0 spiro atoms. The summed E-state index contributed by atoms with van der Waals surface area (Å²) in [5, 5.41) is 11.9. The van der Waals surface area contributed by atoms with E-state index in [0.717, 1.165) is 44.0 Å². The van der Waals surface area contributed by atoms with E-state index >= 15 is 0 Å². The zero-order chi connectivity index (χ0) is 15.2. The molecule has 1 aliphatic heterocycles. The van der Waals surface area contributed by atoms with Gasteiger partial charge in [-0.1, -0.05) is 17.7 Å². The Kier molecular flexibility index (Phi) is 5.73. The van der Waals surface area contributed by atoms with E-state index in [9.17, 15) is 4.79 Å². The summed E-state index contributed by atoms with van der Waals surface area (Å²) in [6, 6.07) is 6.04. The maximum Gasteiger partial charge on any atom is 0.238 e. The summed E-state index contributed by atoms with van der Waals surface area (Å²) >= 11 is 0. The first-order chi connectivity index (χ1) is 10.1. The summed E-state index contributed by atoms with van der Waals surface area (Å²) in [5.41, 5.74) is 3.19. The second-order valence-corrected chi connectivity index (χ2v) is 5.71. The van der Waals surface area contributed by atoms with Crippen LogP contribution in [0.1, 0.15) is 11.1 Å². The van der Waals surface area contributed by atoms with Crippen molar-refractivity contribution in [2.24, 2.45) is 0 Å². The van der Waals surface area contributed by atoms with Crippen molar-refractivity contribution in [2.45, 2.75) is 13.8 Å². The van der Waals surface area contributed by atoms with Crippen LogP contribution in [0.25, 0.3) is 0 Å². The number of anilines is 1. The average molecular weight is 291 g/mol. The Bertz CT molecular complexity index is 482. The van der Waals surface area contributed by atoms with Crippen LogP contribution in [0.2, 0.25) is 0 Å². The van der Waals surface area contributed by atoms with Gasteiger partial charge in [-0.05, 0) is 25.5 Å². The first kappa shape index (κ1) is 15.9. The van der Waals surface area contributed by atoms with Crippen LogP contribution in [0, 0.1) is 13.8 Å². The molecule has 2 rings (SSSR count). The topological polar surface area (TPSA) is 55.8 Å². The lowest BCUT2D eigenvalue weighted by Gasteiger charge is -2.33. The molecular weight excluding hydrogens is 266 g/mol. The van der Waals surface area contributed by atoms with Crippen molar-refractivity contribution in [1.29, 1.82) is 0 Å². The van der Waals surface area contributed by atoms with Gasteiger partial charge in [0.15, 0.2) is 0 Å². The Morgan fingerprint density at radius 3 is 2.48 bits per heavy atom. The minimum atomic E-state index is 0.0394. The number of piperazine rings is 1. The molecular formula is C16H25N3O2. The normalized spacial score (nSPS) is 16.9. The highest BCUT2D eigenvalue weighted by Crippen LogP contribution is 2.16. The zero-order valence-electron chi connectivity index (χ0n) is 12.9. The molecule has 116 valence electrons. The minimum absolute atomic E-state index is 0.0394. The lowest BCUT2D eigenvalue weighted by Crippen LogP contribution is -2.49. The van der Waals surface area contributed by atoms with Crippen LogP contribution in [0.4, 0.5) is 5.69 Å². The molecule has 0 aromatic heterocycles. The Balaban J connectivity index is 1.80. The van der Waals surface area contributed by atoms with Gasteiger partial charge in [0.1, 0.15) is 0 Å². The van der Waals surface area contributed by atoms with E-state index in [1.165, 1.54) is 5.56 Å². The van der Waals surface area contributed by atoms with Crippen molar-refractivity contribution in [3.05, 3.63) is 29.3 Å². The van der Waals surface area contributed by atoms with Gasteiger partial charge in [0, 0.05) is 38.4 Å². The largest absolute Gasteiger partial charge is 0.395 e. The second-order valence-electron chi connectivity index (χ2n) is 5.71. The molecule has 0 atom stereocenters. The van der Waals surface area contributed by atoms with Crippen LogP contribution in [0.5, 0.6) is 0 Å². The molecule has 1 heterocycles. The molecule has 0 bridgehead atoms. The van der Waals surface area contributed by atoms with Gasteiger partial charge in [0.05, 0.1) is 13.2 Å². The van der Waals surface area contributed by atoms with Gasteiger partial charge in [-0.25, -0.2) is 0 Å². The number of aliphatic hydroxyl groups excluding tert-OH is 1. The predicted molar refractivity (Wildman–Crippen MR) is 84.5 cm³/mol. The number of carbonyl (C=O) groups excluding carboxylic acids is 1. The first-order valence-electron chi connectivity index (χ1n) is 7.51. The molecule has 1 amide bonds. The van der Waals surface area contributed by atoms with E-state index in [2.05, 4.69) is 21.2 Å². The summed E-state index contributed by atoms with van der Waals surface area (Å²) in [6.07, 6.45) is 0. The lowest BCUT2D eigenvalue weighted by atomic mass is 10.1. The van der Waals surface area contributed by atoms with Crippen LogP contribution in [-0.2, 0) is 4.79 Å². The van der Waals surface area contributed by atoms with Gasteiger partial charge in [-0.15, -0.1) is 0 Å². The number of aryl methyl sites for hydroxylation is 2. The number of hydrogen-bond acceptors (Lipinski definition) is 4. The van der Waals surface area contributed by atoms with Crippen molar-refractivity contribution in [1.82, 2.24) is 9.80 Å². The highest BCUT2D eigenvalue weighted by Gasteiger charge is 2.18.